The number of carbonyl (C=O) groups excluding carboxylic acids is 1. The first-order valence-corrected chi connectivity index (χ1v) is 13.8. The first-order valence-electron chi connectivity index (χ1n) is 13.3. The Morgan fingerprint density at radius 1 is 0.974 bits per heavy atom. The Kier molecular flexibility index (Phi) is 7.53. The lowest BCUT2D eigenvalue weighted by Crippen LogP contribution is -2.33. The van der Waals surface area contributed by atoms with Crippen molar-refractivity contribution in [3.05, 3.63) is 112 Å². The molecule has 0 bridgehead atoms. The molecule has 1 aliphatic heterocycles. The normalized spacial score (nSPS) is 16.8. The number of anilines is 1. The molecule has 39 heavy (non-hydrogen) atoms. The van der Waals surface area contributed by atoms with Crippen LogP contribution in [-0.4, -0.2) is 32.0 Å². The van der Waals surface area contributed by atoms with Gasteiger partial charge < -0.3 is 20.1 Å². The molecule has 4 aromatic rings. The van der Waals surface area contributed by atoms with E-state index in [1.54, 1.807) is 0 Å². The van der Waals surface area contributed by atoms with E-state index in [1.807, 2.05) is 55.6 Å². The molecule has 0 saturated carbocycles. The minimum atomic E-state index is -0.134. The van der Waals surface area contributed by atoms with Crippen LogP contribution in [0, 0.1) is 34.6 Å². The standard InChI is InChI=1S/C32H35N5OS/c1-20-12-10-15-28(23(20)4)37-22(3)19-25(24(37)5)31-30(27-14-8-9-17-33-27)35-32(39)36(31)18-16-29(38)34-26-13-7-6-11-21(26)2/h6-15,17,19,30-31H,16,18H2,1-5H3,(H,34,38)(H,35,39). The SMILES string of the molecule is Cc1ccccc1NC(=O)CCN1C(=S)NC(c2ccccn2)C1c1cc(C)n(-c2cccc(C)c2C)c1C. The maximum atomic E-state index is 13.0. The Labute approximate surface area is 236 Å². The Morgan fingerprint density at radius 3 is 2.46 bits per heavy atom. The van der Waals surface area contributed by atoms with Crippen LogP contribution in [0.1, 0.15) is 57.8 Å². The van der Waals surface area contributed by atoms with Gasteiger partial charge in [-0.2, -0.15) is 0 Å². The number of thiocarbonyl (C=S) groups is 1. The monoisotopic (exact) mass is 537 g/mol. The quantitative estimate of drug-likeness (QED) is 0.267. The number of benzene rings is 2. The zero-order valence-electron chi connectivity index (χ0n) is 23.2. The summed E-state index contributed by atoms with van der Waals surface area (Å²) in [4.78, 5) is 19.8. The van der Waals surface area contributed by atoms with Gasteiger partial charge in [0.1, 0.15) is 0 Å². The summed E-state index contributed by atoms with van der Waals surface area (Å²) in [5, 5.41) is 7.21. The van der Waals surface area contributed by atoms with Crippen molar-refractivity contribution in [3.8, 4) is 5.69 Å². The summed E-state index contributed by atoms with van der Waals surface area (Å²) in [6, 6.07) is 22.2. The summed E-state index contributed by atoms with van der Waals surface area (Å²) < 4.78 is 2.33. The summed E-state index contributed by atoms with van der Waals surface area (Å²) in [6.45, 7) is 11.1. The van der Waals surface area contributed by atoms with Crippen molar-refractivity contribution in [1.29, 1.82) is 0 Å². The van der Waals surface area contributed by atoms with Crippen molar-refractivity contribution in [2.24, 2.45) is 0 Å². The van der Waals surface area contributed by atoms with E-state index in [2.05, 4.69) is 77.0 Å². The zero-order chi connectivity index (χ0) is 27.7. The minimum Gasteiger partial charge on any atom is -0.352 e. The van der Waals surface area contributed by atoms with E-state index in [4.69, 9.17) is 12.2 Å². The van der Waals surface area contributed by atoms with Crippen LogP contribution in [0.2, 0.25) is 0 Å². The van der Waals surface area contributed by atoms with Crippen molar-refractivity contribution in [2.75, 3.05) is 11.9 Å². The van der Waals surface area contributed by atoms with Gasteiger partial charge in [0.05, 0.1) is 17.8 Å². The third-order valence-electron chi connectivity index (χ3n) is 7.80. The number of carbonyl (C=O) groups is 1. The zero-order valence-corrected chi connectivity index (χ0v) is 24.0. The average molecular weight is 538 g/mol. The van der Waals surface area contributed by atoms with Crippen LogP contribution in [0.25, 0.3) is 5.69 Å². The molecule has 200 valence electrons. The largest absolute Gasteiger partial charge is 0.352 e. The van der Waals surface area contributed by atoms with Crippen LogP contribution >= 0.6 is 12.2 Å². The van der Waals surface area contributed by atoms with Crippen molar-refractivity contribution < 1.29 is 4.79 Å². The highest BCUT2D eigenvalue weighted by Gasteiger charge is 2.41. The lowest BCUT2D eigenvalue weighted by atomic mass is 9.96. The molecule has 6 nitrogen and oxygen atoms in total. The first-order chi connectivity index (χ1) is 18.8. The van der Waals surface area contributed by atoms with E-state index in [0.717, 1.165) is 28.3 Å². The maximum absolute atomic E-state index is 13.0. The Hall–Kier alpha value is -3.97. The fourth-order valence-corrected chi connectivity index (χ4v) is 5.90. The van der Waals surface area contributed by atoms with Crippen LogP contribution in [0.15, 0.2) is 72.9 Å². The third kappa shape index (κ3) is 5.19. The lowest BCUT2D eigenvalue weighted by molar-refractivity contribution is -0.116. The van der Waals surface area contributed by atoms with Crippen molar-refractivity contribution in [2.45, 2.75) is 53.1 Å². The molecular formula is C32H35N5OS. The molecule has 1 fully saturated rings. The Balaban J connectivity index is 1.50. The topological polar surface area (TPSA) is 62.2 Å². The molecule has 2 unspecified atom stereocenters. The van der Waals surface area contributed by atoms with E-state index in [0.29, 0.717) is 18.1 Å². The smallest absolute Gasteiger partial charge is 0.226 e. The number of pyridine rings is 1. The van der Waals surface area contributed by atoms with Crippen LogP contribution in [0.3, 0.4) is 0 Å². The molecule has 1 aliphatic rings. The molecule has 2 atom stereocenters. The number of nitrogens with zero attached hydrogens (tertiary/aromatic N) is 3. The minimum absolute atomic E-state index is 0.0343. The van der Waals surface area contributed by atoms with Gasteiger partial charge in [0, 0.05) is 41.9 Å². The number of hydrogen-bond donors (Lipinski definition) is 2. The van der Waals surface area contributed by atoms with Gasteiger partial charge >= 0.3 is 0 Å². The molecule has 3 heterocycles. The van der Waals surface area contributed by atoms with Crippen LogP contribution < -0.4 is 10.6 Å². The average Bonchev–Trinajstić information content (AvgIpc) is 3.40. The molecule has 2 aromatic carbocycles. The molecule has 2 aromatic heterocycles. The fourth-order valence-electron chi connectivity index (χ4n) is 5.57. The third-order valence-corrected chi connectivity index (χ3v) is 8.15. The van der Waals surface area contributed by atoms with Crippen LogP contribution in [0.4, 0.5) is 5.69 Å². The second-order valence-corrected chi connectivity index (χ2v) is 10.7. The second-order valence-electron chi connectivity index (χ2n) is 10.3. The summed E-state index contributed by atoms with van der Waals surface area (Å²) in [7, 11) is 0. The van der Waals surface area contributed by atoms with Crippen LogP contribution in [-0.2, 0) is 4.79 Å². The van der Waals surface area contributed by atoms with Gasteiger partial charge in [-0.25, -0.2) is 0 Å². The Bertz CT molecular complexity index is 1530. The molecule has 0 radical (unpaired) electrons. The van der Waals surface area contributed by atoms with Gasteiger partial charge in [-0.05, 0) is 99.4 Å². The van der Waals surface area contributed by atoms with Crippen molar-refractivity contribution in [3.63, 3.8) is 0 Å². The van der Waals surface area contributed by atoms with Gasteiger partial charge in [0.15, 0.2) is 5.11 Å². The molecule has 5 rings (SSSR count). The van der Waals surface area contributed by atoms with Crippen molar-refractivity contribution in [1.82, 2.24) is 19.8 Å². The van der Waals surface area contributed by atoms with Gasteiger partial charge in [0.2, 0.25) is 5.91 Å². The van der Waals surface area contributed by atoms with E-state index in [9.17, 15) is 4.79 Å². The molecule has 1 amide bonds. The predicted molar refractivity (Wildman–Crippen MR) is 161 cm³/mol. The van der Waals surface area contributed by atoms with Crippen LogP contribution in [0.5, 0.6) is 0 Å². The number of aromatic nitrogens is 2. The number of amides is 1. The van der Waals surface area contributed by atoms with Gasteiger partial charge in [-0.1, -0.05) is 36.4 Å². The van der Waals surface area contributed by atoms with Gasteiger partial charge in [-0.15, -0.1) is 0 Å². The number of rotatable bonds is 7. The Morgan fingerprint density at radius 2 is 1.72 bits per heavy atom. The fraction of sp³-hybridized carbons (Fsp3) is 0.281. The molecule has 2 N–H and O–H groups in total. The number of nitrogens with one attached hydrogen (secondary N) is 2. The highest BCUT2D eigenvalue weighted by Crippen LogP contribution is 2.41. The maximum Gasteiger partial charge on any atom is 0.226 e. The first kappa shape index (κ1) is 26.6. The van der Waals surface area contributed by atoms with E-state index >= 15 is 0 Å². The van der Waals surface area contributed by atoms with Crippen molar-refractivity contribution >= 4 is 28.9 Å². The molecule has 0 aliphatic carbocycles. The molecule has 7 heteroatoms. The van der Waals surface area contributed by atoms with E-state index in [1.165, 1.54) is 22.4 Å². The number of hydrogen-bond acceptors (Lipinski definition) is 3. The predicted octanol–water partition coefficient (Wildman–Crippen LogP) is 6.42. The van der Waals surface area contributed by atoms with E-state index < -0.39 is 0 Å². The van der Waals surface area contributed by atoms with Gasteiger partial charge in [0.25, 0.3) is 0 Å². The summed E-state index contributed by atoms with van der Waals surface area (Å²) in [6.07, 6.45) is 2.13. The summed E-state index contributed by atoms with van der Waals surface area (Å²) >= 11 is 5.86. The van der Waals surface area contributed by atoms with Gasteiger partial charge in [-0.3, -0.25) is 9.78 Å². The lowest BCUT2D eigenvalue weighted by Gasteiger charge is -2.28. The highest BCUT2D eigenvalue weighted by atomic mass is 32.1. The molecule has 0 spiro atoms. The number of aryl methyl sites for hydroxylation is 3. The second kappa shape index (κ2) is 11.0. The molecule has 1 saturated heterocycles. The number of para-hydroxylation sites is 1. The summed E-state index contributed by atoms with van der Waals surface area (Å²) in [5.41, 5.74) is 10.0. The highest BCUT2D eigenvalue weighted by molar-refractivity contribution is 7.80. The summed E-state index contributed by atoms with van der Waals surface area (Å²) in [5.74, 6) is -0.0343. The van der Waals surface area contributed by atoms with E-state index in [-0.39, 0.29) is 18.0 Å². The molecular weight excluding hydrogens is 502 g/mol.